The molecule has 0 aliphatic carbocycles. The number of rotatable bonds is 1. The average molecular weight is 246 g/mol. The Balaban J connectivity index is 0.00000106. The molecule has 0 aliphatic rings. The third-order valence-electron chi connectivity index (χ3n) is 1.96. The monoisotopic (exact) mass is 245 g/mol. The Morgan fingerprint density at radius 1 is 1.31 bits per heavy atom. The van der Waals surface area contributed by atoms with Crippen LogP contribution in [0.5, 0.6) is 5.75 Å². The van der Waals surface area contributed by atoms with Crippen LogP contribution in [-0.2, 0) is 0 Å². The average Bonchev–Trinajstić information content (AvgIpc) is 2.28. The normalized spacial score (nSPS) is 8.88. The molecule has 0 fully saturated rings. The van der Waals surface area contributed by atoms with Crippen molar-refractivity contribution in [2.75, 3.05) is 14.2 Å². The molecule has 1 amide bonds. The maximum absolute atomic E-state index is 10.9. The largest absolute Gasteiger partial charge is 0.412 e. The Labute approximate surface area is 100 Å². The minimum Gasteiger partial charge on any atom is -0.409 e. The maximum atomic E-state index is 10.9. The number of amides is 1. The van der Waals surface area contributed by atoms with Crippen molar-refractivity contribution in [2.45, 2.75) is 13.8 Å². The summed E-state index contributed by atoms with van der Waals surface area (Å²) < 4.78 is 4.95. The van der Waals surface area contributed by atoms with Crippen molar-refractivity contribution in [3.05, 3.63) is 28.3 Å². The van der Waals surface area contributed by atoms with Crippen molar-refractivity contribution in [2.24, 2.45) is 0 Å². The van der Waals surface area contributed by atoms with Crippen LogP contribution in [0.4, 0.5) is 4.79 Å². The van der Waals surface area contributed by atoms with E-state index in [0.29, 0.717) is 10.8 Å². The van der Waals surface area contributed by atoms with Gasteiger partial charge in [-0.25, -0.2) is 4.79 Å². The van der Waals surface area contributed by atoms with Gasteiger partial charge in [0.25, 0.3) is 0 Å². The zero-order chi connectivity index (χ0) is 12.7. The maximum Gasteiger partial charge on any atom is 0.412 e. The molecule has 0 saturated heterocycles. The van der Waals surface area contributed by atoms with Gasteiger partial charge in [-0.1, -0.05) is 11.6 Å². The standard InChI is InChI=1S/C10H12ClNO2.CH4O/c1-6-4-8(11)9(5-7(6)2)14-10(13)12-3;1-2/h4-5H,1-3H3,(H,12,13);2H,1H3. The summed E-state index contributed by atoms with van der Waals surface area (Å²) in [5, 5.41) is 9.80. The van der Waals surface area contributed by atoms with E-state index in [1.165, 1.54) is 7.05 Å². The molecule has 5 heteroatoms. The Hall–Kier alpha value is -1.26. The summed E-state index contributed by atoms with van der Waals surface area (Å²) in [4.78, 5) is 10.9. The molecule has 0 aromatic heterocycles. The second-order valence-corrected chi connectivity index (χ2v) is 3.41. The first kappa shape index (κ1) is 14.7. The van der Waals surface area contributed by atoms with Gasteiger partial charge in [-0.15, -0.1) is 0 Å². The highest BCUT2D eigenvalue weighted by Crippen LogP contribution is 2.27. The van der Waals surface area contributed by atoms with Crippen molar-refractivity contribution in [1.29, 1.82) is 0 Å². The van der Waals surface area contributed by atoms with E-state index in [4.69, 9.17) is 21.4 Å². The van der Waals surface area contributed by atoms with Gasteiger partial charge in [-0.3, -0.25) is 0 Å². The first-order chi connectivity index (χ1) is 7.54. The third kappa shape index (κ3) is 4.08. The fourth-order valence-corrected chi connectivity index (χ4v) is 1.24. The number of ether oxygens (including phenoxy) is 1. The van der Waals surface area contributed by atoms with E-state index < -0.39 is 6.09 Å². The lowest BCUT2D eigenvalue weighted by atomic mass is 10.1. The molecular weight excluding hydrogens is 230 g/mol. The predicted octanol–water partition coefficient (Wildman–Crippen LogP) is 2.28. The van der Waals surface area contributed by atoms with Gasteiger partial charge in [0.05, 0.1) is 5.02 Å². The van der Waals surface area contributed by atoms with Gasteiger partial charge in [0, 0.05) is 14.2 Å². The van der Waals surface area contributed by atoms with Crippen molar-refractivity contribution < 1.29 is 14.6 Å². The molecule has 0 bridgehead atoms. The molecule has 0 spiro atoms. The van der Waals surface area contributed by atoms with Crippen LogP contribution in [0.2, 0.25) is 5.02 Å². The molecule has 1 rings (SSSR count). The predicted molar refractivity (Wildman–Crippen MR) is 64.2 cm³/mol. The number of aliphatic hydroxyl groups is 1. The molecule has 0 atom stereocenters. The first-order valence-electron chi connectivity index (χ1n) is 4.65. The van der Waals surface area contributed by atoms with Crippen LogP contribution in [0.1, 0.15) is 11.1 Å². The summed E-state index contributed by atoms with van der Waals surface area (Å²) in [5.74, 6) is 0.383. The molecule has 0 unspecified atom stereocenters. The number of carbonyl (C=O) groups excluding carboxylic acids is 1. The molecule has 0 aliphatic heterocycles. The zero-order valence-corrected chi connectivity index (χ0v) is 10.6. The molecule has 1 aromatic rings. The van der Waals surface area contributed by atoms with Crippen molar-refractivity contribution >= 4 is 17.7 Å². The van der Waals surface area contributed by atoms with Crippen LogP contribution in [-0.4, -0.2) is 25.4 Å². The van der Waals surface area contributed by atoms with Gasteiger partial charge in [0.15, 0.2) is 5.75 Å². The van der Waals surface area contributed by atoms with Gasteiger partial charge in [-0.2, -0.15) is 0 Å². The van der Waals surface area contributed by atoms with Crippen LogP contribution in [0.15, 0.2) is 12.1 Å². The molecular formula is C11H16ClNO3. The summed E-state index contributed by atoms with van der Waals surface area (Å²) in [6.07, 6.45) is -0.518. The van der Waals surface area contributed by atoms with Gasteiger partial charge in [-0.05, 0) is 37.1 Å². The SMILES string of the molecule is CNC(=O)Oc1cc(C)c(C)cc1Cl.CO. The minimum atomic E-state index is -0.518. The van der Waals surface area contributed by atoms with Gasteiger partial charge < -0.3 is 15.2 Å². The van der Waals surface area contributed by atoms with Gasteiger partial charge >= 0.3 is 6.09 Å². The van der Waals surface area contributed by atoms with Crippen LogP contribution < -0.4 is 10.1 Å². The molecule has 16 heavy (non-hydrogen) atoms. The Kier molecular flexibility index (Phi) is 6.53. The lowest BCUT2D eigenvalue weighted by molar-refractivity contribution is 0.203. The summed E-state index contributed by atoms with van der Waals surface area (Å²) >= 11 is 5.90. The van der Waals surface area contributed by atoms with E-state index in [1.807, 2.05) is 13.8 Å². The van der Waals surface area contributed by atoms with E-state index in [-0.39, 0.29) is 0 Å². The Bertz CT molecular complexity index is 366. The topological polar surface area (TPSA) is 58.6 Å². The van der Waals surface area contributed by atoms with Gasteiger partial charge in [0.1, 0.15) is 0 Å². The molecule has 2 N–H and O–H groups in total. The number of carbonyl (C=O) groups is 1. The van der Waals surface area contributed by atoms with Crippen LogP contribution in [0.3, 0.4) is 0 Å². The van der Waals surface area contributed by atoms with Crippen molar-refractivity contribution in [1.82, 2.24) is 5.32 Å². The smallest absolute Gasteiger partial charge is 0.409 e. The summed E-state index contributed by atoms with van der Waals surface area (Å²) in [5.41, 5.74) is 2.10. The number of aryl methyl sites for hydroxylation is 2. The lowest BCUT2D eigenvalue weighted by Crippen LogP contribution is -2.22. The minimum absolute atomic E-state index is 0.383. The molecule has 90 valence electrons. The van der Waals surface area contributed by atoms with Crippen molar-refractivity contribution in [3.63, 3.8) is 0 Å². The van der Waals surface area contributed by atoms with Crippen LogP contribution >= 0.6 is 11.6 Å². The highest BCUT2D eigenvalue weighted by Gasteiger charge is 2.07. The van der Waals surface area contributed by atoms with Gasteiger partial charge in [0.2, 0.25) is 0 Å². The number of halogens is 1. The molecule has 0 radical (unpaired) electrons. The van der Waals surface area contributed by atoms with E-state index in [2.05, 4.69) is 5.32 Å². The van der Waals surface area contributed by atoms with E-state index in [9.17, 15) is 4.79 Å². The number of hydrogen-bond acceptors (Lipinski definition) is 3. The molecule has 1 aromatic carbocycles. The van der Waals surface area contributed by atoms with E-state index >= 15 is 0 Å². The van der Waals surface area contributed by atoms with Crippen LogP contribution in [0.25, 0.3) is 0 Å². The second kappa shape index (κ2) is 7.09. The van der Waals surface area contributed by atoms with Crippen molar-refractivity contribution in [3.8, 4) is 5.75 Å². The lowest BCUT2D eigenvalue weighted by Gasteiger charge is -2.08. The highest BCUT2D eigenvalue weighted by molar-refractivity contribution is 6.32. The van der Waals surface area contributed by atoms with E-state index in [0.717, 1.165) is 18.2 Å². The summed E-state index contributed by atoms with van der Waals surface area (Å²) in [6, 6.07) is 3.52. The molecule has 0 heterocycles. The number of nitrogens with one attached hydrogen (secondary N) is 1. The Morgan fingerprint density at radius 3 is 2.31 bits per heavy atom. The van der Waals surface area contributed by atoms with Crippen LogP contribution in [0, 0.1) is 13.8 Å². The fourth-order valence-electron chi connectivity index (χ4n) is 0.984. The molecule has 4 nitrogen and oxygen atoms in total. The number of benzene rings is 1. The second-order valence-electron chi connectivity index (χ2n) is 3.01. The summed E-state index contributed by atoms with van der Waals surface area (Å²) in [6.45, 7) is 3.88. The highest BCUT2D eigenvalue weighted by atomic mass is 35.5. The number of aliphatic hydroxyl groups excluding tert-OH is 1. The van der Waals surface area contributed by atoms with E-state index in [1.54, 1.807) is 12.1 Å². The first-order valence-corrected chi connectivity index (χ1v) is 5.03. The quantitative estimate of drug-likeness (QED) is 0.798. The zero-order valence-electron chi connectivity index (χ0n) is 9.80. The Morgan fingerprint density at radius 2 is 1.81 bits per heavy atom. The number of hydrogen-bond donors (Lipinski definition) is 2. The third-order valence-corrected chi connectivity index (χ3v) is 2.25. The summed E-state index contributed by atoms with van der Waals surface area (Å²) in [7, 11) is 2.50. The molecule has 0 saturated carbocycles. The fraction of sp³-hybridized carbons (Fsp3) is 0.364.